The molecule has 0 amide bonds. The number of halogens is 1. The molecule has 0 radical (unpaired) electrons. The molecule has 0 fully saturated rings. The van der Waals surface area contributed by atoms with Crippen LogP contribution in [0.15, 0.2) is 18.5 Å². The van der Waals surface area contributed by atoms with Crippen LogP contribution in [0.4, 0.5) is 0 Å². The molecule has 1 unspecified atom stereocenters. The fourth-order valence-corrected chi connectivity index (χ4v) is 2.12. The summed E-state index contributed by atoms with van der Waals surface area (Å²) in [6.45, 7) is 4.05. The van der Waals surface area contributed by atoms with Crippen LogP contribution in [0.1, 0.15) is 37.0 Å². The first-order valence-electron chi connectivity index (χ1n) is 7.28. The van der Waals surface area contributed by atoms with Gasteiger partial charge in [-0.3, -0.25) is 19.4 Å². The monoisotopic (exact) mass is 341 g/mol. The van der Waals surface area contributed by atoms with Crippen LogP contribution in [-0.2, 0) is 14.3 Å². The van der Waals surface area contributed by atoms with E-state index in [-0.39, 0.29) is 36.0 Å². The molecule has 1 aromatic rings. The largest absolute Gasteiger partial charge is 0.481 e. The molecule has 1 rings (SSSR count). The number of rotatable bonds is 10. The van der Waals surface area contributed by atoms with Gasteiger partial charge in [0, 0.05) is 31.0 Å². The Labute approximate surface area is 139 Å². The number of Topliss-reactive ketones (excluding diaryl/α,β-unsaturated/α-hetero) is 2. The smallest absolute Gasteiger partial charge is 0.303 e. The molecule has 0 spiro atoms. The highest BCUT2D eigenvalue weighted by Crippen LogP contribution is 2.18. The summed E-state index contributed by atoms with van der Waals surface area (Å²) < 4.78 is 5.26. The van der Waals surface area contributed by atoms with Crippen molar-refractivity contribution in [1.82, 2.24) is 4.98 Å². The summed E-state index contributed by atoms with van der Waals surface area (Å²) in [5.41, 5.74) is 0.185. The van der Waals surface area contributed by atoms with Crippen molar-refractivity contribution in [3.05, 3.63) is 29.0 Å². The fourth-order valence-electron chi connectivity index (χ4n) is 1.95. The molecule has 0 saturated carbocycles. The standard InChI is InChI=1S/C16H20ClNO5/c1-10(2)8-23-9-14(19)13(3-4-15(20)21)16(22)11-5-12(17)7-18-6-11/h5-7,10,13H,3-4,8-9H2,1-2H3,(H,20,21). The van der Waals surface area contributed by atoms with Gasteiger partial charge in [-0.1, -0.05) is 25.4 Å². The Kier molecular flexibility index (Phi) is 7.85. The van der Waals surface area contributed by atoms with Crippen LogP contribution < -0.4 is 0 Å². The molecule has 1 N–H and O–H groups in total. The maximum absolute atomic E-state index is 12.5. The van der Waals surface area contributed by atoms with E-state index in [4.69, 9.17) is 21.4 Å². The molecular formula is C16H20ClNO5. The molecule has 1 heterocycles. The van der Waals surface area contributed by atoms with Crippen LogP contribution in [0.5, 0.6) is 0 Å². The lowest BCUT2D eigenvalue weighted by Gasteiger charge is -2.15. The van der Waals surface area contributed by atoms with E-state index in [0.717, 1.165) is 0 Å². The van der Waals surface area contributed by atoms with E-state index in [0.29, 0.717) is 6.61 Å². The second-order valence-corrected chi connectivity index (χ2v) is 6.05. The van der Waals surface area contributed by atoms with Gasteiger partial charge in [-0.25, -0.2) is 0 Å². The molecule has 7 heteroatoms. The van der Waals surface area contributed by atoms with Crippen molar-refractivity contribution >= 4 is 29.1 Å². The van der Waals surface area contributed by atoms with E-state index in [2.05, 4.69) is 4.98 Å². The lowest BCUT2D eigenvalue weighted by molar-refractivity contribution is -0.137. The lowest BCUT2D eigenvalue weighted by atomic mass is 9.90. The number of hydrogen-bond donors (Lipinski definition) is 1. The Bertz CT molecular complexity index is 573. The number of aliphatic carboxylic acids is 1. The summed E-state index contributed by atoms with van der Waals surface area (Å²) in [6.07, 6.45) is 2.33. The maximum atomic E-state index is 12.5. The molecule has 0 aliphatic rings. The first-order valence-corrected chi connectivity index (χ1v) is 7.66. The average molecular weight is 342 g/mol. The summed E-state index contributed by atoms with van der Waals surface area (Å²) in [4.78, 5) is 39.3. The van der Waals surface area contributed by atoms with Crippen LogP contribution in [0.25, 0.3) is 0 Å². The third-order valence-electron chi connectivity index (χ3n) is 3.04. The Morgan fingerprint density at radius 1 is 1.30 bits per heavy atom. The zero-order valence-electron chi connectivity index (χ0n) is 13.1. The Morgan fingerprint density at radius 2 is 2.00 bits per heavy atom. The van der Waals surface area contributed by atoms with Gasteiger partial charge < -0.3 is 9.84 Å². The topological polar surface area (TPSA) is 93.6 Å². The Balaban J connectivity index is 2.84. The predicted molar refractivity (Wildman–Crippen MR) is 84.6 cm³/mol. The zero-order valence-corrected chi connectivity index (χ0v) is 13.9. The minimum Gasteiger partial charge on any atom is -0.481 e. The van der Waals surface area contributed by atoms with Crippen LogP contribution in [0, 0.1) is 11.8 Å². The summed E-state index contributed by atoms with van der Waals surface area (Å²) >= 11 is 5.80. The van der Waals surface area contributed by atoms with Crippen molar-refractivity contribution in [2.45, 2.75) is 26.7 Å². The number of carboxylic acids is 1. The molecule has 1 aromatic heterocycles. The van der Waals surface area contributed by atoms with Crippen LogP contribution in [0.2, 0.25) is 5.02 Å². The van der Waals surface area contributed by atoms with Crippen molar-refractivity contribution < 1.29 is 24.2 Å². The lowest BCUT2D eigenvalue weighted by Crippen LogP contribution is -2.29. The zero-order chi connectivity index (χ0) is 17.4. The maximum Gasteiger partial charge on any atom is 0.303 e. The highest BCUT2D eigenvalue weighted by molar-refractivity contribution is 6.31. The minimum atomic E-state index is -1.07. The minimum absolute atomic E-state index is 0.0788. The second-order valence-electron chi connectivity index (χ2n) is 5.62. The number of ketones is 2. The van der Waals surface area contributed by atoms with Crippen molar-refractivity contribution in [3.63, 3.8) is 0 Å². The van der Waals surface area contributed by atoms with E-state index in [9.17, 15) is 14.4 Å². The molecule has 0 saturated heterocycles. The highest BCUT2D eigenvalue weighted by Gasteiger charge is 2.28. The van der Waals surface area contributed by atoms with E-state index < -0.39 is 23.5 Å². The number of hydrogen-bond acceptors (Lipinski definition) is 5. The van der Waals surface area contributed by atoms with Crippen LogP contribution in [-0.4, -0.2) is 40.8 Å². The van der Waals surface area contributed by atoms with Gasteiger partial charge in [0.25, 0.3) is 0 Å². The first kappa shape index (κ1) is 19.3. The first-order chi connectivity index (χ1) is 10.8. The van der Waals surface area contributed by atoms with Gasteiger partial charge in [0.15, 0.2) is 11.6 Å². The fraction of sp³-hybridized carbons (Fsp3) is 0.500. The number of carbonyl (C=O) groups excluding carboxylic acids is 2. The van der Waals surface area contributed by atoms with Crippen molar-refractivity contribution in [2.75, 3.05) is 13.2 Å². The van der Waals surface area contributed by atoms with E-state index in [1.165, 1.54) is 18.5 Å². The Hall–Kier alpha value is -1.79. The quantitative estimate of drug-likeness (QED) is 0.519. The number of ether oxygens (including phenoxy) is 1. The van der Waals surface area contributed by atoms with Crippen molar-refractivity contribution in [2.24, 2.45) is 11.8 Å². The summed E-state index contributed by atoms with van der Waals surface area (Å²) in [5.74, 6) is -2.80. The molecule has 6 nitrogen and oxygen atoms in total. The predicted octanol–water partition coefficient (Wildman–Crippen LogP) is 2.64. The summed E-state index contributed by atoms with van der Waals surface area (Å²) in [5, 5.41) is 9.08. The van der Waals surface area contributed by atoms with Crippen LogP contribution >= 0.6 is 11.6 Å². The van der Waals surface area contributed by atoms with Gasteiger partial charge in [0.05, 0.1) is 10.9 Å². The summed E-state index contributed by atoms with van der Waals surface area (Å²) in [7, 11) is 0. The third-order valence-corrected chi connectivity index (χ3v) is 3.24. The molecular weight excluding hydrogens is 322 g/mol. The molecule has 0 aliphatic heterocycles. The summed E-state index contributed by atoms with van der Waals surface area (Å²) in [6, 6.07) is 1.41. The molecule has 126 valence electrons. The van der Waals surface area contributed by atoms with Gasteiger partial charge in [-0.15, -0.1) is 0 Å². The Morgan fingerprint density at radius 3 is 2.57 bits per heavy atom. The van der Waals surface area contributed by atoms with E-state index >= 15 is 0 Å². The van der Waals surface area contributed by atoms with Gasteiger partial charge in [-0.05, 0) is 18.4 Å². The van der Waals surface area contributed by atoms with Crippen LogP contribution in [0.3, 0.4) is 0 Å². The average Bonchev–Trinajstić information content (AvgIpc) is 2.46. The molecule has 0 aliphatic carbocycles. The number of aromatic nitrogens is 1. The normalized spacial score (nSPS) is 12.2. The van der Waals surface area contributed by atoms with Gasteiger partial charge >= 0.3 is 5.97 Å². The SMILES string of the molecule is CC(C)COCC(=O)C(CCC(=O)O)C(=O)c1cncc(Cl)c1. The van der Waals surface area contributed by atoms with Crippen molar-refractivity contribution in [3.8, 4) is 0 Å². The highest BCUT2D eigenvalue weighted by atomic mass is 35.5. The molecule has 0 bridgehead atoms. The van der Waals surface area contributed by atoms with Crippen molar-refractivity contribution in [1.29, 1.82) is 0 Å². The van der Waals surface area contributed by atoms with E-state index in [1.54, 1.807) is 0 Å². The second kappa shape index (κ2) is 9.37. The van der Waals surface area contributed by atoms with Gasteiger partial charge in [-0.2, -0.15) is 0 Å². The van der Waals surface area contributed by atoms with Gasteiger partial charge in [0.2, 0.25) is 0 Å². The van der Waals surface area contributed by atoms with E-state index in [1.807, 2.05) is 13.8 Å². The number of nitrogens with zero attached hydrogens (tertiary/aromatic N) is 1. The molecule has 0 aromatic carbocycles. The molecule has 23 heavy (non-hydrogen) atoms. The number of pyridine rings is 1. The number of carbonyl (C=O) groups is 3. The third kappa shape index (κ3) is 6.88. The molecule has 1 atom stereocenters. The van der Waals surface area contributed by atoms with Gasteiger partial charge in [0.1, 0.15) is 6.61 Å². The number of carboxylic acid groups (broad SMARTS) is 1.